The van der Waals surface area contributed by atoms with Gasteiger partial charge in [0.1, 0.15) is 0 Å². The van der Waals surface area contributed by atoms with Crippen molar-refractivity contribution in [1.29, 1.82) is 0 Å². The third kappa shape index (κ3) is 3.34. The van der Waals surface area contributed by atoms with Crippen LogP contribution in [-0.2, 0) is 4.79 Å². The molecule has 0 aliphatic carbocycles. The van der Waals surface area contributed by atoms with Crippen LogP contribution in [0.1, 0.15) is 26.7 Å². The van der Waals surface area contributed by atoms with Crippen molar-refractivity contribution in [2.45, 2.75) is 32.5 Å². The van der Waals surface area contributed by atoms with Crippen LogP contribution in [0.3, 0.4) is 0 Å². The summed E-state index contributed by atoms with van der Waals surface area (Å²) in [4.78, 5) is 10.1. The minimum absolute atomic E-state index is 0.418. The molecule has 4 heteroatoms. The van der Waals surface area contributed by atoms with Gasteiger partial charge in [0.05, 0.1) is 6.42 Å². The average molecular weight is 162 g/mol. The Morgan fingerprint density at radius 1 is 1.55 bits per heavy atom. The highest BCUT2D eigenvalue weighted by Gasteiger charge is 2.32. The second-order valence-corrected chi connectivity index (χ2v) is 2.76. The number of rotatable bonds is 4. The maximum absolute atomic E-state index is 10.1. The van der Waals surface area contributed by atoms with Crippen molar-refractivity contribution in [2.75, 3.05) is 0 Å². The molecule has 0 saturated carbocycles. The summed E-state index contributed by atoms with van der Waals surface area (Å²) in [6.07, 6.45) is -0.0811. The molecular formula is C7H14O4. The van der Waals surface area contributed by atoms with E-state index in [2.05, 4.69) is 0 Å². The van der Waals surface area contributed by atoms with Gasteiger partial charge in [-0.25, -0.2) is 0 Å². The number of carbonyl (C=O) groups is 1. The van der Waals surface area contributed by atoms with Gasteiger partial charge in [-0.2, -0.15) is 0 Å². The highest BCUT2D eigenvalue weighted by atomic mass is 16.5. The van der Waals surface area contributed by atoms with Crippen LogP contribution >= 0.6 is 0 Å². The van der Waals surface area contributed by atoms with Gasteiger partial charge in [-0.3, -0.25) is 4.79 Å². The van der Waals surface area contributed by atoms with E-state index in [1.807, 2.05) is 0 Å². The normalized spacial score (nSPS) is 14.5. The van der Waals surface area contributed by atoms with Crippen molar-refractivity contribution < 1.29 is 20.1 Å². The van der Waals surface area contributed by atoms with Crippen LogP contribution in [-0.4, -0.2) is 27.1 Å². The van der Waals surface area contributed by atoms with Gasteiger partial charge in [0.15, 0.2) is 5.79 Å². The molecule has 0 aromatic rings. The lowest BCUT2D eigenvalue weighted by atomic mass is 9.95. The third-order valence-electron chi connectivity index (χ3n) is 1.81. The number of carboxylic acid groups (broad SMARTS) is 1. The van der Waals surface area contributed by atoms with Gasteiger partial charge in [-0.15, -0.1) is 0 Å². The lowest BCUT2D eigenvalue weighted by molar-refractivity contribution is -0.207. The lowest BCUT2D eigenvalue weighted by Crippen LogP contribution is -2.38. The summed E-state index contributed by atoms with van der Waals surface area (Å²) in [7, 11) is 0. The summed E-state index contributed by atoms with van der Waals surface area (Å²) >= 11 is 0. The standard InChI is InChI=1S/C7H14O4/c1-3-5(2)7(10,11)4-6(8)9/h5,10-11H,3-4H2,1-2H3,(H,8,9). The molecule has 11 heavy (non-hydrogen) atoms. The zero-order chi connectivity index (χ0) is 9.07. The van der Waals surface area contributed by atoms with E-state index in [9.17, 15) is 4.79 Å². The second-order valence-electron chi connectivity index (χ2n) is 2.76. The first-order chi connectivity index (χ1) is 4.90. The fourth-order valence-electron chi connectivity index (χ4n) is 0.724. The van der Waals surface area contributed by atoms with Crippen LogP contribution in [0.4, 0.5) is 0 Å². The first kappa shape index (κ1) is 10.4. The Labute approximate surface area is 65.5 Å². The van der Waals surface area contributed by atoms with E-state index in [0.29, 0.717) is 6.42 Å². The monoisotopic (exact) mass is 162 g/mol. The smallest absolute Gasteiger partial charge is 0.308 e. The third-order valence-corrected chi connectivity index (χ3v) is 1.81. The Kier molecular flexibility index (Phi) is 3.48. The van der Waals surface area contributed by atoms with Gasteiger partial charge in [0.25, 0.3) is 0 Å². The molecule has 0 rings (SSSR count). The summed E-state index contributed by atoms with van der Waals surface area (Å²) < 4.78 is 0. The van der Waals surface area contributed by atoms with Crippen molar-refractivity contribution in [3.05, 3.63) is 0 Å². The van der Waals surface area contributed by atoms with Crippen molar-refractivity contribution in [3.8, 4) is 0 Å². The molecule has 1 unspecified atom stereocenters. The minimum atomic E-state index is -2.07. The molecule has 4 nitrogen and oxygen atoms in total. The van der Waals surface area contributed by atoms with Gasteiger partial charge in [0.2, 0.25) is 0 Å². The second kappa shape index (κ2) is 3.69. The summed E-state index contributed by atoms with van der Waals surface area (Å²) in [5, 5.41) is 26.5. The summed E-state index contributed by atoms with van der Waals surface area (Å²) in [5.74, 6) is -3.69. The molecule has 66 valence electrons. The highest BCUT2D eigenvalue weighted by molar-refractivity contribution is 5.67. The highest BCUT2D eigenvalue weighted by Crippen LogP contribution is 2.20. The Bertz CT molecular complexity index is 141. The van der Waals surface area contributed by atoms with Gasteiger partial charge >= 0.3 is 5.97 Å². The molecular weight excluding hydrogens is 148 g/mol. The van der Waals surface area contributed by atoms with Crippen molar-refractivity contribution in [1.82, 2.24) is 0 Å². The van der Waals surface area contributed by atoms with E-state index < -0.39 is 24.1 Å². The van der Waals surface area contributed by atoms with E-state index >= 15 is 0 Å². The van der Waals surface area contributed by atoms with E-state index in [-0.39, 0.29) is 0 Å². The van der Waals surface area contributed by atoms with Crippen LogP contribution < -0.4 is 0 Å². The SMILES string of the molecule is CCC(C)C(O)(O)CC(=O)O. The quantitative estimate of drug-likeness (QED) is 0.515. The van der Waals surface area contributed by atoms with E-state index in [1.165, 1.54) is 0 Å². The van der Waals surface area contributed by atoms with Crippen LogP contribution in [0.5, 0.6) is 0 Å². The molecule has 3 N–H and O–H groups in total. The average Bonchev–Trinajstić information content (AvgIpc) is 1.83. The summed E-state index contributed by atoms with van der Waals surface area (Å²) in [5.41, 5.74) is 0. The number of carboxylic acids is 1. The summed E-state index contributed by atoms with van der Waals surface area (Å²) in [6, 6.07) is 0. The number of hydrogen-bond donors (Lipinski definition) is 3. The van der Waals surface area contributed by atoms with Crippen molar-refractivity contribution >= 4 is 5.97 Å². The molecule has 1 atom stereocenters. The molecule has 0 radical (unpaired) electrons. The molecule has 0 bridgehead atoms. The van der Waals surface area contributed by atoms with Crippen molar-refractivity contribution in [3.63, 3.8) is 0 Å². The van der Waals surface area contributed by atoms with Crippen LogP contribution in [0.15, 0.2) is 0 Å². The number of aliphatic hydroxyl groups is 2. The molecule has 0 fully saturated rings. The molecule has 0 amide bonds. The van der Waals surface area contributed by atoms with Crippen LogP contribution in [0, 0.1) is 5.92 Å². The molecule has 0 spiro atoms. The topological polar surface area (TPSA) is 77.8 Å². The van der Waals surface area contributed by atoms with E-state index in [4.69, 9.17) is 15.3 Å². The fourth-order valence-corrected chi connectivity index (χ4v) is 0.724. The van der Waals surface area contributed by atoms with Gasteiger partial charge in [-0.05, 0) is 6.42 Å². The molecule has 0 aliphatic rings. The largest absolute Gasteiger partial charge is 0.481 e. The minimum Gasteiger partial charge on any atom is -0.481 e. The Morgan fingerprint density at radius 3 is 2.27 bits per heavy atom. The van der Waals surface area contributed by atoms with Crippen molar-refractivity contribution in [2.24, 2.45) is 5.92 Å². The Morgan fingerprint density at radius 2 is 2.00 bits per heavy atom. The first-order valence-corrected chi connectivity index (χ1v) is 3.56. The van der Waals surface area contributed by atoms with Crippen LogP contribution in [0.25, 0.3) is 0 Å². The van der Waals surface area contributed by atoms with E-state index in [1.54, 1.807) is 13.8 Å². The predicted octanol–water partition coefficient (Wildman–Crippen LogP) is 0.188. The maximum Gasteiger partial charge on any atom is 0.308 e. The molecule has 0 saturated heterocycles. The van der Waals surface area contributed by atoms with Gasteiger partial charge in [-0.1, -0.05) is 13.8 Å². The maximum atomic E-state index is 10.1. The Hall–Kier alpha value is -0.610. The molecule has 0 heterocycles. The van der Waals surface area contributed by atoms with Gasteiger partial charge in [0, 0.05) is 5.92 Å². The zero-order valence-corrected chi connectivity index (χ0v) is 6.74. The predicted molar refractivity (Wildman–Crippen MR) is 38.9 cm³/mol. The fraction of sp³-hybridized carbons (Fsp3) is 0.857. The van der Waals surface area contributed by atoms with Gasteiger partial charge < -0.3 is 15.3 Å². The van der Waals surface area contributed by atoms with Crippen LogP contribution in [0.2, 0.25) is 0 Å². The molecule has 0 aliphatic heterocycles. The molecule has 0 aromatic heterocycles. The zero-order valence-electron chi connectivity index (χ0n) is 6.74. The summed E-state index contributed by atoms with van der Waals surface area (Å²) in [6.45, 7) is 3.37. The first-order valence-electron chi connectivity index (χ1n) is 3.56. The molecule has 0 aromatic carbocycles. The number of hydrogen-bond acceptors (Lipinski definition) is 3. The number of aliphatic carboxylic acids is 1. The Balaban J connectivity index is 4.08. The van der Waals surface area contributed by atoms with E-state index in [0.717, 1.165) is 0 Å². The lowest BCUT2D eigenvalue weighted by Gasteiger charge is -2.25.